The molecule has 1 aliphatic rings. The van der Waals surface area contributed by atoms with E-state index >= 15 is 0 Å². The monoisotopic (exact) mass is 603 g/mol. The average molecular weight is 604 g/mol. The van der Waals surface area contributed by atoms with Gasteiger partial charge in [0, 0.05) is 56.7 Å². The fourth-order valence-corrected chi connectivity index (χ4v) is 7.23. The number of hydrogen-bond acceptors (Lipinski definition) is 9. The van der Waals surface area contributed by atoms with E-state index in [4.69, 9.17) is 14.2 Å². The van der Waals surface area contributed by atoms with Crippen LogP contribution in [-0.4, -0.2) is 37.3 Å². The second kappa shape index (κ2) is 9.99. The number of aromatic hydroxyl groups is 2. The zero-order valence-corrected chi connectivity index (χ0v) is 25.2. The minimum absolute atomic E-state index is 0.0137. The van der Waals surface area contributed by atoms with E-state index in [9.17, 15) is 24.6 Å². The highest BCUT2D eigenvalue weighted by Crippen LogP contribution is 2.58. The Morgan fingerprint density at radius 1 is 0.778 bits per heavy atom. The van der Waals surface area contributed by atoms with E-state index in [-0.39, 0.29) is 45.2 Å². The van der Waals surface area contributed by atoms with Gasteiger partial charge in [-0.05, 0) is 24.8 Å². The van der Waals surface area contributed by atoms with Crippen molar-refractivity contribution in [2.45, 2.75) is 26.3 Å². The van der Waals surface area contributed by atoms with E-state index < -0.39 is 22.5 Å². The molecule has 0 spiro atoms. The molecule has 6 aromatic carbocycles. The maximum absolute atomic E-state index is 13.8. The summed E-state index contributed by atoms with van der Waals surface area (Å²) < 4.78 is 17.3. The smallest absolute Gasteiger partial charge is 0.194 e. The Balaban J connectivity index is 1.86. The van der Waals surface area contributed by atoms with E-state index in [1.54, 1.807) is 6.92 Å². The number of Topliss-reactive ketones (excluding diaryl/α,β-unsaturated/α-hetero) is 1. The van der Waals surface area contributed by atoms with E-state index in [0.717, 1.165) is 5.56 Å². The van der Waals surface area contributed by atoms with Crippen molar-refractivity contribution in [1.29, 1.82) is 0 Å². The van der Waals surface area contributed by atoms with Crippen molar-refractivity contribution in [3.05, 3.63) is 85.2 Å². The first-order chi connectivity index (χ1) is 21.6. The highest BCUT2D eigenvalue weighted by Gasteiger charge is 2.37. The minimum atomic E-state index is -0.884. The molecule has 0 fully saturated rings. The number of benzene rings is 6. The zero-order valence-electron chi connectivity index (χ0n) is 25.2. The third-order valence-corrected chi connectivity index (χ3v) is 8.97. The standard InChI is InChI=1S/C36H29NO8/c1-15-11-18-24-29-25(34(41)33(18)37-14-17-9-7-6-8-10-17)19(39)12-21(43-3)27(29)28-22(44-4)13-20(40)26-31(28)30(24)32(23(15)16(2)38)36(45-5)35(26)42/h6-13,23,37,41-42H,14H2,1-5H3. The van der Waals surface area contributed by atoms with Gasteiger partial charge in [-0.15, -0.1) is 0 Å². The summed E-state index contributed by atoms with van der Waals surface area (Å²) in [5.41, 5.74) is 1.72. The van der Waals surface area contributed by atoms with Crippen LogP contribution in [0.15, 0.2) is 57.6 Å². The van der Waals surface area contributed by atoms with Crippen molar-refractivity contribution < 1.29 is 29.2 Å². The number of anilines is 1. The molecule has 0 saturated carbocycles. The van der Waals surface area contributed by atoms with E-state index in [1.165, 1.54) is 40.4 Å². The second-order valence-corrected chi connectivity index (χ2v) is 11.4. The molecule has 0 heterocycles. The molecular weight excluding hydrogens is 574 g/mol. The van der Waals surface area contributed by atoms with Gasteiger partial charge >= 0.3 is 0 Å². The van der Waals surface area contributed by atoms with Gasteiger partial charge in [-0.3, -0.25) is 14.4 Å². The molecule has 0 saturated heterocycles. The van der Waals surface area contributed by atoms with Crippen molar-refractivity contribution >= 4 is 60.6 Å². The van der Waals surface area contributed by atoms with Crippen molar-refractivity contribution in [2.75, 3.05) is 26.6 Å². The number of ether oxygens (including phenoxy) is 3. The Labute approximate surface area is 256 Å². The first-order valence-corrected chi connectivity index (χ1v) is 14.4. The van der Waals surface area contributed by atoms with Gasteiger partial charge in [0.15, 0.2) is 28.1 Å². The topological polar surface area (TPSA) is 131 Å². The lowest BCUT2D eigenvalue weighted by atomic mass is 9.80. The average Bonchev–Trinajstić information content (AvgIpc) is 3.15. The first-order valence-electron chi connectivity index (χ1n) is 14.4. The van der Waals surface area contributed by atoms with Crippen LogP contribution in [0.1, 0.15) is 36.5 Å². The van der Waals surface area contributed by atoms with Crippen molar-refractivity contribution in [3.63, 3.8) is 0 Å². The molecular formula is C36H29NO8. The Kier molecular flexibility index (Phi) is 6.26. The molecule has 7 rings (SSSR count). The Hall–Kier alpha value is -5.57. The summed E-state index contributed by atoms with van der Waals surface area (Å²) >= 11 is 0. The van der Waals surface area contributed by atoms with Gasteiger partial charge in [-0.25, -0.2) is 0 Å². The Morgan fingerprint density at radius 3 is 1.91 bits per heavy atom. The highest BCUT2D eigenvalue weighted by molar-refractivity contribution is 6.40. The number of phenols is 2. The molecule has 9 heteroatoms. The summed E-state index contributed by atoms with van der Waals surface area (Å²) in [5, 5.41) is 29.5. The molecule has 0 aromatic heterocycles. The van der Waals surface area contributed by atoms with Crippen molar-refractivity contribution in [3.8, 4) is 28.7 Å². The Bertz CT molecular complexity index is 2380. The fourth-order valence-electron chi connectivity index (χ4n) is 7.23. The van der Waals surface area contributed by atoms with Crippen LogP contribution in [0.3, 0.4) is 0 Å². The van der Waals surface area contributed by atoms with Crippen molar-refractivity contribution in [2.24, 2.45) is 0 Å². The SMILES string of the molecule is COc1c(O)c2c(=O)cc(OC)c3c4c(OC)cc(=O)c5c(O)c(NCc6ccccc6)c6c(c(c1C(C(C)=O)C(C)=C6)c23)c54. The van der Waals surface area contributed by atoms with Gasteiger partial charge < -0.3 is 29.7 Å². The van der Waals surface area contributed by atoms with Crippen LogP contribution >= 0.6 is 0 Å². The van der Waals surface area contributed by atoms with Crippen LogP contribution < -0.4 is 30.4 Å². The van der Waals surface area contributed by atoms with Crippen LogP contribution in [0.2, 0.25) is 0 Å². The number of allylic oxidation sites excluding steroid dienone is 1. The minimum Gasteiger partial charge on any atom is -0.505 e. The van der Waals surface area contributed by atoms with E-state index in [0.29, 0.717) is 55.6 Å². The molecule has 3 N–H and O–H groups in total. The van der Waals surface area contributed by atoms with Gasteiger partial charge in [-0.1, -0.05) is 42.0 Å². The number of rotatable bonds is 7. The predicted octanol–water partition coefficient (Wildman–Crippen LogP) is 6.03. The van der Waals surface area contributed by atoms with Gasteiger partial charge in [0.2, 0.25) is 0 Å². The number of ketones is 1. The third kappa shape index (κ3) is 3.70. The van der Waals surface area contributed by atoms with Gasteiger partial charge in [0.25, 0.3) is 0 Å². The molecule has 9 nitrogen and oxygen atoms in total. The van der Waals surface area contributed by atoms with E-state index in [1.807, 2.05) is 36.4 Å². The summed E-state index contributed by atoms with van der Waals surface area (Å²) in [6.45, 7) is 3.57. The number of nitrogens with one attached hydrogen (secondary N) is 1. The van der Waals surface area contributed by atoms with E-state index in [2.05, 4.69) is 5.32 Å². The lowest BCUT2D eigenvalue weighted by molar-refractivity contribution is -0.117. The molecule has 6 aromatic rings. The molecule has 1 atom stereocenters. The first kappa shape index (κ1) is 28.2. The second-order valence-electron chi connectivity index (χ2n) is 11.4. The molecule has 0 bridgehead atoms. The molecule has 0 amide bonds. The number of phenolic OH excluding ortho intramolecular Hbond substituents is 2. The normalized spacial score (nSPS) is 14.3. The molecule has 226 valence electrons. The van der Waals surface area contributed by atoms with Gasteiger partial charge in [-0.2, -0.15) is 0 Å². The summed E-state index contributed by atoms with van der Waals surface area (Å²) in [5.74, 6) is -1.40. The molecule has 1 aliphatic carbocycles. The quantitative estimate of drug-likeness (QED) is 0.114. The van der Waals surface area contributed by atoms with Gasteiger partial charge in [0.1, 0.15) is 17.3 Å². The molecule has 0 radical (unpaired) electrons. The van der Waals surface area contributed by atoms with Crippen molar-refractivity contribution in [1.82, 2.24) is 0 Å². The number of methoxy groups -OCH3 is 3. The number of carbonyl (C=O) groups is 1. The zero-order chi connectivity index (χ0) is 31.9. The number of hydrogen-bond donors (Lipinski definition) is 3. The highest BCUT2D eigenvalue weighted by atomic mass is 16.5. The molecule has 45 heavy (non-hydrogen) atoms. The maximum Gasteiger partial charge on any atom is 0.194 e. The fraction of sp³-hybridized carbons (Fsp3) is 0.194. The lowest BCUT2D eigenvalue weighted by Gasteiger charge is -2.25. The largest absolute Gasteiger partial charge is 0.505 e. The maximum atomic E-state index is 13.8. The number of carbonyl (C=O) groups excluding carboxylic acids is 1. The van der Waals surface area contributed by atoms with Crippen LogP contribution in [0.5, 0.6) is 28.7 Å². The Morgan fingerprint density at radius 2 is 1.36 bits per heavy atom. The predicted molar refractivity (Wildman–Crippen MR) is 175 cm³/mol. The summed E-state index contributed by atoms with van der Waals surface area (Å²) in [6, 6.07) is 12.2. The summed E-state index contributed by atoms with van der Waals surface area (Å²) in [6.07, 6.45) is 1.81. The van der Waals surface area contributed by atoms with Crippen LogP contribution in [0.4, 0.5) is 5.69 Å². The molecule has 1 unspecified atom stereocenters. The van der Waals surface area contributed by atoms with Crippen LogP contribution in [0.25, 0.3) is 49.2 Å². The third-order valence-electron chi connectivity index (χ3n) is 8.97. The number of fused-ring (bicyclic) bond motifs is 1. The van der Waals surface area contributed by atoms with Crippen LogP contribution in [0, 0.1) is 0 Å². The van der Waals surface area contributed by atoms with Crippen LogP contribution in [-0.2, 0) is 11.3 Å². The summed E-state index contributed by atoms with van der Waals surface area (Å²) in [4.78, 5) is 41.0. The van der Waals surface area contributed by atoms with Gasteiger partial charge in [0.05, 0.1) is 43.7 Å². The summed E-state index contributed by atoms with van der Waals surface area (Å²) in [7, 11) is 4.22. The molecule has 0 aliphatic heterocycles. The lowest BCUT2D eigenvalue weighted by Crippen LogP contribution is -2.14.